The number of carboxylic acids is 1. The van der Waals surface area contributed by atoms with Gasteiger partial charge in [-0.05, 0) is 23.7 Å². The van der Waals surface area contributed by atoms with E-state index in [4.69, 9.17) is 53.4 Å². The number of aliphatic carboxylic acids is 1. The van der Waals surface area contributed by atoms with Gasteiger partial charge in [0.1, 0.15) is 18.5 Å². The molecule has 0 amide bonds. The number of ketones is 1. The van der Waals surface area contributed by atoms with Crippen molar-refractivity contribution < 1.29 is 38.1 Å². The molecule has 12 heteroatoms. The first-order chi connectivity index (χ1) is 19.0. The number of benzene rings is 1. The van der Waals surface area contributed by atoms with Crippen LogP contribution in [0.5, 0.6) is 0 Å². The molecule has 4 unspecified atom stereocenters. The lowest BCUT2D eigenvalue weighted by Gasteiger charge is -2.42. The predicted molar refractivity (Wildman–Crippen MR) is 164 cm³/mol. The van der Waals surface area contributed by atoms with Crippen molar-refractivity contribution >= 4 is 61.0 Å². The Morgan fingerprint density at radius 3 is 2.02 bits per heavy atom. The van der Waals surface area contributed by atoms with Gasteiger partial charge in [0, 0.05) is 11.3 Å². The summed E-state index contributed by atoms with van der Waals surface area (Å²) in [5, 5.41) is 9.70. The molecule has 0 spiro atoms. The predicted octanol–water partition coefficient (Wildman–Crippen LogP) is 7.83. The van der Waals surface area contributed by atoms with Crippen molar-refractivity contribution in [1.29, 1.82) is 0 Å². The van der Waals surface area contributed by atoms with Gasteiger partial charge < -0.3 is 23.7 Å². The molecule has 0 aliphatic carbocycles. The first kappa shape index (κ1) is 37.7. The fourth-order valence-electron chi connectivity index (χ4n) is 4.83. The molecule has 1 aromatic carbocycles. The Morgan fingerprint density at radius 2 is 1.54 bits per heavy atom. The summed E-state index contributed by atoms with van der Waals surface area (Å²) in [4.78, 5) is 38.5. The largest absolute Gasteiger partial charge is 0.508 e. The second kappa shape index (κ2) is 17.1. The van der Waals surface area contributed by atoms with Crippen molar-refractivity contribution in [1.82, 2.24) is 0 Å². The Hall–Kier alpha value is -1.36. The third-order valence-electron chi connectivity index (χ3n) is 7.67. The summed E-state index contributed by atoms with van der Waals surface area (Å²) in [6.07, 6.45) is -3.26. The van der Waals surface area contributed by atoms with Crippen LogP contribution in [0.3, 0.4) is 0 Å². The van der Waals surface area contributed by atoms with E-state index in [2.05, 4.69) is 0 Å². The van der Waals surface area contributed by atoms with Crippen LogP contribution < -0.4 is 0 Å². The number of halogens is 3. The van der Waals surface area contributed by atoms with Crippen molar-refractivity contribution in [3.8, 4) is 0 Å². The van der Waals surface area contributed by atoms with E-state index >= 15 is 0 Å². The lowest BCUT2D eigenvalue weighted by molar-refractivity contribution is -0.147. The molecule has 0 radical (unpaired) electrons. The second-order valence-corrected chi connectivity index (χ2v) is 18.3. The molecule has 0 saturated carbocycles. The molecular weight excluding hydrogens is 611 g/mol. The first-order valence-corrected chi connectivity index (χ1v) is 17.6. The molecule has 1 rings (SSSR count). The monoisotopic (exact) mass is 654 g/mol. The summed E-state index contributed by atoms with van der Waals surface area (Å²) in [6, 6.07) is 12.0. The molecule has 0 heterocycles. The molecule has 41 heavy (non-hydrogen) atoms. The van der Waals surface area contributed by atoms with E-state index < -0.39 is 60.3 Å². The van der Waals surface area contributed by atoms with Gasteiger partial charge in [0.2, 0.25) is 3.79 Å². The van der Waals surface area contributed by atoms with Gasteiger partial charge in [0.15, 0.2) is 8.32 Å². The molecule has 4 atom stereocenters. The standard InChI is InChI=1S/C29H45Cl3O8Si/c1-8-41(9-2,10-3)40-23(16-24(33)34)28(6,7)26(35)21(5)25(39-27(36)38-19-29(30,31)32)20(4)17-37-18-22-14-12-11-13-15-22/h11-15,20-21,23,25H,8-10,16-19H2,1-7H3,(H,33,34). The number of hydrogen-bond donors (Lipinski definition) is 1. The number of rotatable bonds is 18. The number of carboxylic acid groups (broad SMARTS) is 1. The lowest BCUT2D eigenvalue weighted by atomic mass is 9.73. The number of ether oxygens (including phenoxy) is 3. The Bertz CT molecular complexity index is 958. The van der Waals surface area contributed by atoms with Crippen LogP contribution in [0.1, 0.15) is 60.5 Å². The average molecular weight is 656 g/mol. The van der Waals surface area contributed by atoms with Crippen LogP contribution in [-0.2, 0) is 34.8 Å². The molecule has 1 aromatic rings. The Morgan fingerprint density at radius 1 is 0.976 bits per heavy atom. The van der Waals surface area contributed by atoms with Crippen LogP contribution in [0.25, 0.3) is 0 Å². The number of alkyl halides is 3. The zero-order valence-corrected chi connectivity index (χ0v) is 28.4. The van der Waals surface area contributed by atoms with Gasteiger partial charge in [0.05, 0.1) is 31.7 Å². The van der Waals surface area contributed by atoms with Gasteiger partial charge in [-0.3, -0.25) is 9.59 Å². The Kier molecular flexibility index (Phi) is 15.7. The number of Topliss-reactive ketones (excluding diaryl/α,β-unsaturated/α-hetero) is 1. The highest BCUT2D eigenvalue weighted by Gasteiger charge is 2.47. The highest BCUT2D eigenvalue weighted by atomic mass is 35.6. The highest BCUT2D eigenvalue weighted by molar-refractivity contribution is 6.73. The summed E-state index contributed by atoms with van der Waals surface area (Å²) >= 11 is 17.1. The third kappa shape index (κ3) is 12.4. The van der Waals surface area contributed by atoms with Crippen LogP contribution in [0.2, 0.25) is 18.1 Å². The van der Waals surface area contributed by atoms with Gasteiger partial charge in [0.25, 0.3) is 0 Å². The number of carbonyl (C=O) groups is 3. The van der Waals surface area contributed by atoms with Crippen LogP contribution in [0, 0.1) is 17.3 Å². The smallest absolute Gasteiger partial charge is 0.481 e. The maximum Gasteiger partial charge on any atom is 0.508 e. The lowest BCUT2D eigenvalue weighted by Crippen LogP contribution is -2.52. The minimum atomic E-state index is -2.27. The van der Waals surface area contributed by atoms with Crippen molar-refractivity contribution in [2.75, 3.05) is 13.2 Å². The maximum atomic E-state index is 14.1. The molecule has 0 bridgehead atoms. The second-order valence-electron chi connectivity index (χ2n) is 11.0. The van der Waals surface area contributed by atoms with E-state index in [9.17, 15) is 19.5 Å². The van der Waals surface area contributed by atoms with Gasteiger partial charge in [-0.2, -0.15) is 0 Å². The van der Waals surface area contributed by atoms with E-state index in [-0.39, 0.29) is 18.8 Å². The Balaban J connectivity index is 3.24. The molecule has 234 valence electrons. The first-order valence-electron chi connectivity index (χ1n) is 14.0. The SMILES string of the molecule is CC[Si](CC)(CC)OC(CC(=O)O)C(C)(C)C(=O)C(C)C(OC(=O)OCC(Cl)(Cl)Cl)C(C)COCc1ccccc1. The summed E-state index contributed by atoms with van der Waals surface area (Å²) in [6.45, 7) is 12.9. The van der Waals surface area contributed by atoms with E-state index in [0.717, 1.165) is 23.7 Å². The van der Waals surface area contributed by atoms with Crippen molar-refractivity contribution in [3.05, 3.63) is 35.9 Å². The fraction of sp³-hybridized carbons (Fsp3) is 0.690. The van der Waals surface area contributed by atoms with E-state index in [1.54, 1.807) is 27.7 Å². The third-order valence-corrected chi connectivity index (χ3v) is 12.6. The van der Waals surface area contributed by atoms with Crippen LogP contribution >= 0.6 is 34.8 Å². The van der Waals surface area contributed by atoms with E-state index in [1.807, 2.05) is 51.1 Å². The van der Waals surface area contributed by atoms with Gasteiger partial charge in [-0.25, -0.2) is 4.79 Å². The van der Waals surface area contributed by atoms with Gasteiger partial charge >= 0.3 is 12.1 Å². The normalized spacial score (nSPS) is 15.5. The molecule has 0 saturated heterocycles. The topological polar surface area (TPSA) is 108 Å². The van der Waals surface area contributed by atoms with Gasteiger partial charge in [-0.15, -0.1) is 0 Å². The molecule has 0 fully saturated rings. The minimum Gasteiger partial charge on any atom is -0.481 e. The highest BCUT2D eigenvalue weighted by Crippen LogP contribution is 2.37. The van der Waals surface area contributed by atoms with Crippen molar-refractivity contribution in [3.63, 3.8) is 0 Å². The Labute approximate surface area is 260 Å². The molecule has 0 aliphatic rings. The summed E-state index contributed by atoms with van der Waals surface area (Å²) in [7, 11) is -2.27. The van der Waals surface area contributed by atoms with E-state index in [0.29, 0.717) is 6.61 Å². The maximum absolute atomic E-state index is 14.1. The molecule has 8 nitrogen and oxygen atoms in total. The molecular formula is C29H45Cl3O8Si. The quantitative estimate of drug-likeness (QED) is 0.0969. The number of carbonyl (C=O) groups excluding carboxylic acids is 2. The van der Waals surface area contributed by atoms with Crippen LogP contribution in [0.4, 0.5) is 4.79 Å². The number of hydrogen-bond acceptors (Lipinski definition) is 7. The van der Waals surface area contributed by atoms with Crippen LogP contribution in [-0.4, -0.2) is 60.5 Å². The van der Waals surface area contributed by atoms with Crippen molar-refractivity contribution in [2.45, 2.75) is 95.6 Å². The molecule has 1 N–H and O–H groups in total. The summed E-state index contributed by atoms with van der Waals surface area (Å²) in [5.41, 5.74) is -0.239. The average Bonchev–Trinajstić information content (AvgIpc) is 2.92. The molecule has 0 aromatic heterocycles. The van der Waals surface area contributed by atoms with Crippen molar-refractivity contribution in [2.24, 2.45) is 17.3 Å². The van der Waals surface area contributed by atoms with Crippen LogP contribution in [0.15, 0.2) is 30.3 Å². The minimum absolute atomic E-state index is 0.169. The molecule has 0 aliphatic heterocycles. The fourth-order valence-corrected chi connectivity index (χ4v) is 7.97. The zero-order valence-electron chi connectivity index (χ0n) is 25.1. The summed E-state index contributed by atoms with van der Waals surface area (Å²) in [5.74, 6) is -2.66. The van der Waals surface area contributed by atoms with Gasteiger partial charge in [-0.1, -0.05) is 114 Å². The zero-order chi connectivity index (χ0) is 31.4. The summed E-state index contributed by atoms with van der Waals surface area (Å²) < 4.78 is 21.2. The van der Waals surface area contributed by atoms with E-state index in [1.165, 1.54) is 0 Å².